The second-order valence-electron chi connectivity index (χ2n) is 10.2. The maximum absolute atomic E-state index is 13.1. The molecule has 0 aromatic rings. The lowest BCUT2D eigenvalue weighted by Crippen LogP contribution is -2.61. The van der Waals surface area contributed by atoms with Crippen molar-refractivity contribution in [3.05, 3.63) is 11.6 Å². The van der Waals surface area contributed by atoms with E-state index in [4.69, 9.17) is 4.74 Å². The van der Waals surface area contributed by atoms with Gasteiger partial charge >= 0.3 is 0 Å². The molecule has 29 heavy (non-hydrogen) atoms. The number of fused-ring (bicyclic) bond motifs is 5. The van der Waals surface area contributed by atoms with Gasteiger partial charge in [-0.25, -0.2) is 0 Å². The van der Waals surface area contributed by atoms with Gasteiger partial charge in [0.1, 0.15) is 6.61 Å². The predicted molar refractivity (Wildman–Crippen MR) is 106 cm³/mol. The maximum atomic E-state index is 13.1. The fourth-order valence-electron chi connectivity index (χ4n) is 7.19. The molecule has 3 fully saturated rings. The third kappa shape index (κ3) is 2.83. The molecule has 0 bridgehead atoms. The summed E-state index contributed by atoms with van der Waals surface area (Å²) in [6, 6.07) is 0. The second kappa shape index (κ2) is 6.98. The number of carbonyl (C=O) groups excluding carboxylic acids is 2. The molecule has 6 heteroatoms. The highest BCUT2D eigenvalue weighted by Gasteiger charge is 2.67. The summed E-state index contributed by atoms with van der Waals surface area (Å²) in [5, 5.41) is 32.4. The summed E-state index contributed by atoms with van der Waals surface area (Å²) in [5.74, 6) is -0.663. The average molecular weight is 407 g/mol. The molecule has 0 amide bonds. The lowest BCUT2D eigenvalue weighted by molar-refractivity contribution is -0.155. The first-order valence-corrected chi connectivity index (χ1v) is 11.0. The topological polar surface area (TPSA) is 104 Å². The quantitative estimate of drug-likeness (QED) is 0.658. The Kier molecular flexibility index (Phi) is 5.09. The Morgan fingerprint density at radius 3 is 2.59 bits per heavy atom. The molecule has 4 aliphatic carbocycles. The largest absolute Gasteiger partial charge is 0.390 e. The molecule has 8 atom stereocenters. The minimum absolute atomic E-state index is 0.0221. The van der Waals surface area contributed by atoms with Gasteiger partial charge in [-0.05, 0) is 68.4 Å². The van der Waals surface area contributed by atoms with Gasteiger partial charge in [0.05, 0.1) is 17.8 Å². The van der Waals surface area contributed by atoms with Gasteiger partial charge in [0.25, 0.3) is 0 Å². The number of Topliss-reactive ketones (excluding diaryl/α,β-unsaturated/α-hetero) is 1. The van der Waals surface area contributed by atoms with Crippen LogP contribution in [0, 0.1) is 28.6 Å². The van der Waals surface area contributed by atoms with E-state index in [9.17, 15) is 24.9 Å². The molecule has 0 radical (unpaired) electrons. The molecule has 1 unspecified atom stereocenters. The van der Waals surface area contributed by atoms with Crippen molar-refractivity contribution in [2.45, 2.75) is 77.1 Å². The van der Waals surface area contributed by atoms with Crippen molar-refractivity contribution >= 4 is 11.6 Å². The van der Waals surface area contributed by atoms with Gasteiger partial charge in [-0.15, -0.1) is 0 Å². The Morgan fingerprint density at radius 2 is 1.90 bits per heavy atom. The number of ether oxygens (including phenoxy) is 1. The summed E-state index contributed by atoms with van der Waals surface area (Å²) in [6.45, 7) is 6.43. The molecule has 4 rings (SSSR count). The molecular formula is C23H34O6. The Balaban J connectivity index is 1.71. The summed E-state index contributed by atoms with van der Waals surface area (Å²) in [4.78, 5) is 25.9. The molecule has 4 aliphatic rings. The van der Waals surface area contributed by atoms with Gasteiger partial charge in [0.15, 0.2) is 11.6 Å². The van der Waals surface area contributed by atoms with Gasteiger partial charge in [0.2, 0.25) is 0 Å². The van der Waals surface area contributed by atoms with Crippen LogP contribution < -0.4 is 0 Å². The molecule has 0 spiro atoms. The first kappa shape index (κ1) is 21.2. The van der Waals surface area contributed by atoms with Crippen LogP contribution in [0.2, 0.25) is 0 Å². The van der Waals surface area contributed by atoms with E-state index in [1.54, 1.807) is 6.08 Å². The van der Waals surface area contributed by atoms with Gasteiger partial charge in [0, 0.05) is 23.9 Å². The van der Waals surface area contributed by atoms with Crippen LogP contribution in [0.25, 0.3) is 0 Å². The standard InChI is InChI=1S/C23H34O6/c1-4-29-12-20(27)14-6-8-23(28)15-9-17(24)16-10-18(25)19(26)11-21(16,2)13(15)5-7-22(14,23)3/h9,13-14,16,18-19,25-26,28H,4-8,10-12H2,1-3H3/t13?,14-,16+,18-,19+,21-,22-,23-/m1/s1. The van der Waals surface area contributed by atoms with Gasteiger partial charge in [-0.3, -0.25) is 9.59 Å². The highest BCUT2D eigenvalue weighted by atomic mass is 16.5. The van der Waals surface area contributed by atoms with E-state index in [0.29, 0.717) is 32.3 Å². The Bertz CT molecular complexity index is 746. The third-order valence-corrected chi connectivity index (χ3v) is 8.95. The van der Waals surface area contributed by atoms with E-state index in [0.717, 1.165) is 12.0 Å². The summed E-state index contributed by atoms with van der Waals surface area (Å²) in [5.41, 5.74) is -1.53. The van der Waals surface area contributed by atoms with E-state index in [1.807, 2.05) is 20.8 Å². The van der Waals surface area contributed by atoms with Crippen LogP contribution in [0.1, 0.15) is 59.3 Å². The Labute approximate surface area is 172 Å². The van der Waals surface area contributed by atoms with Crippen LogP contribution in [0.4, 0.5) is 0 Å². The molecule has 3 N–H and O–H groups in total. The lowest BCUT2D eigenvalue weighted by Gasteiger charge is -2.59. The number of aliphatic hydroxyl groups excluding tert-OH is 2. The monoisotopic (exact) mass is 406 g/mol. The molecule has 3 saturated carbocycles. The zero-order chi connectivity index (χ0) is 21.2. The van der Waals surface area contributed by atoms with E-state index in [-0.39, 0.29) is 42.3 Å². The normalized spacial score (nSPS) is 49.1. The Morgan fingerprint density at radius 1 is 1.17 bits per heavy atom. The van der Waals surface area contributed by atoms with E-state index < -0.39 is 28.6 Å². The molecule has 0 aliphatic heterocycles. The number of hydrogen-bond acceptors (Lipinski definition) is 6. The van der Waals surface area contributed by atoms with Crippen LogP contribution in [-0.4, -0.2) is 57.9 Å². The summed E-state index contributed by atoms with van der Waals surface area (Å²) in [6.07, 6.45) is 3.04. The van der Waals surface area contributed by atoms with Crippen molar-refractivity contribution in [3.63, 3.8) is 0 Å². The lowest BCUT2D eigenvalue weighted by atomic mass is 9.46. The zero-order valence-electron chi connectivity index (χ0n) is 17.7. The van der Waals surface area contributed by atoms with Crippen molar-refractivity contribution in [1.29, 1.82) is 0 Å². The van der Waals surface area contributed by atoms with Crippen molar-refractivity contribution in [1.82, 2.24) is 0 Å². The summed E-state index contributed by atoms with van der Waals surface area (Å²) < 4.78 is 5.35. The first-order valence-electron chi connectivity index (χ1n) is 11.0. The van der Waals surface area contributed by atoms with Crippen molar-refractivity contribution in [2.75, 3.05) is 13.2 Å². The smallest absolute Gasteiger partial charge is 0.162 e. The highest BCUT2D eigenvalue weighted by Crippen LogP contribution is 2.67. The number of aliphatic hydroxyl groups is 3. The first-order chi connectivity index (χ1) is 13.6. The molecule has 0 aromatic carbocycles. The summed E-state index contributed by atoms with van der Waals surface area (Å²) >= 11 is 0. The molecule has 162 valence electrons. The molecule has 0 saturated heterocycles. The van der Waals surface area contributed by atoms with Gasteiger partial charge in [-0.1, -0.05) is 13.8 Å². The van der Waals surface area contributed by atoms with Crippen molar-refractivity contribution in [2.24, 2.45) is 28.6 Å². The van der Waals surface area contributed by atoms with E-state index >= 15 is 0 Å². The van der Waals surface area contributed by atoms with Gasteiger partial charge < -0.3 is 20.1 Å². The number of carbonyl (C=O) groups is 2. The maximum Gasteiger partial charge on any atom is 0.162 e. The number of ketones is 2. The third-order valence-electron chi connectivity index (χ3n) is 8.95. The van der Waals surface area contributed by atoms with Crippen molar-refractivity contribution in [3.8, 4) is 0 Å². The zero-order valence-corrected chi connectivity index (χ0v) is 17.7. The molecule has 0 aromatic heterocycles. The second-order valence-corrected chi connectivity index (χ2v) is 10.2. The molecule has 0 heterocycles. The SMILES string of the molecule is CCOCC(=O)[C@H]1CC[C@@]2(O)C3=CC(=O)[C@@H]4C[C@@H](O)[C@@H](O)C[C@]4(C)C3CC[C@]12C. The fraction of sp³-hybridized carbons (Fsp3) is 0.826. The minimum Gasteiger partial charge on any atom is -0.390 e. The number of hydrogen-bond donors (Lipinski definition) is 3. The van der Waals surface area contributed by atoms with E-state index in [1.165, 1.54) is 0 Å². The number of allylic oxidation sites excluding steroid dienone is 1. The van der Waals surface area contributed by atoms with Crippen molar-refractivity contribution < 1.29 is 29.6 Å². The fourth-order valence-corrected chi connectivity index (χ4v) is 7.19. The summed E-state index contributed by atoms with van der Waals surface area (Å²) in [7, 11) is 0. The Hall–Kier alpha value is -1.08. The molecular weight excluding hydrogens is 372 g/mol. The van der Waals surface area contributed by atoms with Gasteiger partial charge in [-0.2, -0.15) is 0 Å². The highest BCUT2D eigenvalue weighted by molar-refractivity contribution is 5.95. The number of rotatable bonds is 4. The van der Waals surface area contributed by atoms with Crippen LogP contribution in [0.3, 0.4) is 0 Å². The van der Waals surface area contributed by atoms with Crippen LogP contribution >= 0.6 is 0 Å². The molecule has 6 nitrogen and oxygen atoms in total. The predicted octanol–water partition coefficient (Wildman–Crippen LogP) is 1.80. The van der Waals surface area contributed by atoms with Crippen LogP contribution in [0.15, 0.2) is 11.6 Å². The van der Waals surface area contributed by atoms with Crippen LogP contribution in [0.5, 0.6) is 0 Å². The minimum atomic E-state index is -1.19. The average Bonchev–Trinajstić information content (AvgIpc) is 2.94. The van der Waals surface area contributed by atoms with Crippen LogP contribution in [-0.2, 0) is 14.3 Å². The van der Waals surface area contributed by atoms with E-state index in [2.05, 4.69) is 0 Å².